The van der Waals surface area contributed by atoms with Crippen LogP contribution in [0.4, 0.5) is 29.2 Å². The standard InChI is InChI=1S/C21H18F4N6O2/c1-32-17-9-14(5-6-26-17)30-10-12-7-16(30)18(12)27-19-28-20(31(29-19)11-21(23,24)25)33-15-4-2-3-13(22)8-15/h2-9,12,18H,10-11H2,1H3,(H,27,29). The number of aromatic nitrogens is 4. The summed E-state index contributed by atoms with van der Waals surface area (Å²) in [6.45, 7) is -0.706. The predicted octanol–water partition coefficient (Wildman–Crippen LogP) is 3.99. The summed E-state index contributed by atoms with van der Waals surface area (Å²) in [6, 6.07) is 8.14. The number of methoxy groups -OCH3 is 1. The molecule has 2 bridgehead atoms. The van der Waals surface area contributed by atoms with Crippen LogP contribution in [0, 0.1) is 11.7 Å². The number of rotatable bonds is 7. The summed E-state index contributed by atoms with van der Waals surface area (Å²) in [5.74, 6) is 0.0234. The molecule has 1 saturated heterocycles. The number of nitrogens with one attached hydrogen (secondary N) is 1. The Labute approximate surface area is 185 Å². The molecule has 8 nitrogen and oxygen atoms in total. The Balaban J connectivity index is 1.35. The summed E-state index contributed by atoms with van der Waals surface area (Å²) >= 11 is 0. The molecule has 6 rings (SSSR count). The second-order valence-electron chi connectivity index (χ2n) is 7.59. The highest BCUT2D eigenvalue weighted by Gasteiger charge is 2.45. The van der Waals surface area contributed by atoms with Crippen LogP contribution in [0.5, 0.6) is 17.6 Å². The molecule has 1 N–H and O–H groups in total. The lowest BCUT2D eigenvalue weighted by Gasteiger charge is -2.28. The molecule has 0 radical (unpaired) electrons. The molecular weight excluding hydrogens is 444 g/mol. The molecule has 1 aliphatic carbocycles. The molecule has 2 aliphatic heterocycles. The third-order valence-electron chi connectivity index (χ3n) is 5.33. The molecule has 0 amide bonds. The van der Waals surface area contributed by atoms with Crippen LogP contribution in [-0.2, 0) is 6.54 Å². The topological polar surface area (TPSA) is 77.3 Å². The molecule has 33 heavy (non-hydrogen) atoms. The average Bonchev–Trinajstić information content (AvgIpc) is 3.45. The molecule has 3 aromatic rings. The Morgan fingerprint density at radius 2 is 2.06 bits per heavy atom. The van der Waals surface area contributed by atoms with Crippen molar-refractivity contribution < 1.29 is 27.0 Å². The van der Waals surface area contributed by atoms with Gasteiger partial charge in [0.15, 0.2) is 0 Å². The number of pyridine rings is 1. The summed E-state index contributed by atoms with van der Waals surface area (Å²) < 4.78 is 63.8. The monoisotopic (exact) mass is 462 g/mol. The summed E-state index contributed by atoms with van der Waals surface area (Å²) in [7, 11) is 1.53. The van der Waals surface area contributed by atoms with Crippen LogP contribution < -0.4 is 19.7 Å². The number of hydrogen-bond donors (Lipinski definition) is 1. The lowest BCUT2D eigenvalue weighted by atomic mass is 9.91. The zero-order valence-corrected chi connectivity index (χ0v) is 17.3. The van der Waals surface area contributed by atoms with E-state index < -0.39 is 24.5 Å². The predicted molar refractivity (Wildman–Crippen MR) is 110 cm³/mol. The Morgan fingerprint density at radius 3 is 2.82 bits per heavy atom. The number of ether oxygens (including phenoxy) is 2. The van der Waals surface area contributed by atoms with Crippen LogP contribution in [0.25, 0.3) is 0 Å². The third-order valence-corrected chi connectivity index (χ3v) is 5.33. The smallest absolute Gasteiger partial charge is 0.408 e. The van der Waals surface area contributed by atoms with Crippen molar-refractivity contribution in [2.45, 2.75) is 18.8 Å². The summed E-state index contributed by atoms with van der Waals surface area (Å²) in [5.41, 5.74) is 1.85. The van der Waals surface area contributed by atoms with Gasteiger partial charge >= 0.3 is 12.2 Å². The molecule has 3 aliphatic rings. The normalized spacial score (nSPS) is 19.2. The highest BCUT2D eigenvalue weighted by molar-refractivity contribution is 5.63. The molecule has 4 heterocycles. The second kappa shape index (κ2) is 7.94. The van der Waals surface area contributed by atoms with E-state index in [2.05, 4.69) is 31.4 Å². The fourth-order valence-corrected chi connectivity index (χ4v) is 3.88. The van der Waals surface area contributed by atoms with Crippen molar-refractivity contribution in [3.63, 3.8) is 0 Å². The minimum absolute atomic E-state index is 0.0135. The molecular formula is C21H18F4N6O2. The first-order valence-electron chi connectivity index (χ1n) is 10.00. The fourth-order valence-electron chi connectivity index (χ4n) is 3.88. The van der Waals surface area contributed by atoms with Gasteiger partial charge in [-0.1, -0.05) is 12.1 Å². The minimum atomic E-state index is -4.54. The number of hydrogen-bond acceptors (Lipinski definition) is 7. The Morgan fingerprint density at radius 1 is 1.21 bits per heavy atom. The molecule has 1 fully saturated rings. The Hall–Kier alpha value is -3.83. The van der Waals surface area contributed by atoms with E-state index in [4.69, 9.17) is 9.47 Å². The molecule has 2 aromatic heterocycles. The lowest BCUT2D eigenvalue weighted by molar-refractivity contribution is -0.143. The molecule has 0 saturated carbocycles. The van der Waals surface area contributed by atoms with Crippen LogP contribution in [0.3, 0.4) is 0 Å². The van der Waals surface area contributed by atoms with Gasteiger partial charge in [0.1, 0.15) is 18.1 Å². The summed E-state index contributed by atoms with van der Waals surface area (Å²) in [6.07, 6.45) is -0.828. The highest BCUT2D eigenvalue weighted by Crippen LogP contribution is 2.43. The van der Waals surface area contributed by atoms with Crippen LogP contribution >= 0.6 is 0 Å². The second-order valence-corrected chi connectivity index (χ2v) is 7.59. The largest absolute Gasteiger partial charge is 0.481 e. The maximum atomic E-state index is 13.5. The fraction of sp³-hybridized carbons (Fsp3) is 0.286. The van der Waals surface area contributed by atoms with E-state index >= 15 is 0 Å². The number of anilines is 2. The maximum Gasteiger partial charge on any atom is 0.408 e. The van der Waals surface area contributed by atoms with E-state index in [0.29, 0.717) is 17.1 Å². The van der Waals surface area contributed by atoms with Gasteiger partial charge in [-0.3, -0.25) is 0 Å². The molecule has 2 unspecified atom stereocenters. The van der Waals surface area contributed by atoms with E-state index in [0.717, 1.165) is 17.5 Å². The van der Waals surface area contributed by atoms with Gasteiger partial charge in [0.05, 0.1) is 13.2 Å². The van der Waals surface area contributed by atoms with E-state index in [9.17, 15) is 17.6 Å². The van der Waals surface area contributed by atoms with E-state index in [1.54, 1.807) is 12.3 Å². The molecule has 1 aromatic carbocycles. The van der Waals surface area contributed by atoms with E-state index in [1.165, 1.54) is 25.3 Å². The minimum Gasteiger partial charge on any atom is -0.481 e. The first-order valence-corrected chi connectivity index (χ1v) is 10.00. The van der Waals surface area contributed by atoms with Crippen molar-refractivity contribution in [3.8, 4) is 17.6 Å². The van der Waals surface area contributed by atoms with Gasteiger partial charge in [-0.2, -0.15) is 18.2 Å². The highest BCUT2D eigenvalue weighted by atomic mass is 19.4. The van der Waals surface area contributed by atoms with Gasteiger partial charge in [-0.05, 0) is 18.2 Å². The lowest BCUT2D eigenvalue weighted by Crippen LogP contribution is -2.34. The van der Waals surface area contributed by atoms with Gasteiger partial charge < -0.3 is 19.7 Å². The maximum absolute atomic E-state index is 13.5. The molecule has 12 heteroatoms. The Bertz CT molecular complexity index is 1210. The first kappa shape index (κ1) is 21.0. The summed E-state index contributed by atoms with van der Waals surface area (Å²) in [5, 5.41) is 7.03. The summed E-state index contributed by atoms with van der Waals surface area (Å²) in [4.78, 5) is 10.3. The van der Waals surface area contributed by atoms with Gasteiger partial charge in [-0.15, -0.1) is 5.10 Å². The number of benzene rings is 1. The van der Waals surface area contributed by atoms with Crippen LogP contribution in [-0.4, -0.2) is 45.6 Å². The number of fused-ring (bicyclic) bond motifs is 1. The van der Waals surface area contributed by atoms with Crippen LogP contribution in [0.1, 0.15) is 0 Å². The van der Waals surface area contributed by atoms with Gasteiger partial charge in [0.25, 0.3) is 0 Å². The van der Waals surface area contributed by atoms with E-state index in [-0.39, 0.29) is 23.7 Å². The van der Waals surface area contributed by atoms with Crippen molar-refractivity contribution in [2.24, 2.45) is 5.92 Å². The Kier molecular flexibility index (Phi) is 5.06. The zero-order valence-electron chi connectivity index (χ0n) is 17.3. The van der Waals surface area contributed by atoms with E-state index in [1.807, 2.05) is 6.07 Å². The SMILES string of the molecule is COc1cc(N2CC3C=C2C3Nc2nc(Oc3cccc(F)c3)n(CC(F)(F)F)n2)ccn1. The first-order chi connectivity index (χ1) is 15.8. The van der Waals surface area contributed by atoms with Crippen molar-refractivity contribution in [1.82, 2.24) is 19.7 Å². The quantitative estimate of drug-likeness (QED) is 0.532. The van der Waals surface area contributed by atoms with Gasteiger partial charge in [-0.25, -0.2) is 14.1 Å². The molecule has 172 valence electrons. The third kappa shape index (κ3) is 4.28. The van der Waals surface area contributed by atoms with Gasteiger partial charge in [0, 0.05) is 42.2 Å². The van der Waals surface area contributed by atoms with Crippen molar-refractivity contribution in [3.05, 3.63) is 60.2 Å². The van der Waals surface area contributed by atoms with Crippen LogP contribution in [0.2, 0.25) is 0 Å². The number of nitrogens with zero attached hydrogens (tertiary/aromatic N) is 5. The van der Waals surface area contributed by atoms with Crippen LogP contribution in [0.15, 0.2) is 54.4 Å². The zero-order chi connectivity index (χ0) is 23.2. The number of alkyl halides is 3. The van der Waals surface area contributed by atoms with Crippen molar-refractivity contribution in [2.75, 3.05) is 23.9 Å². The van der Waals surface area contributed by atoms with Gasteiger partial charge in [0.2, 0.25) is 11.8 Å². The molecule has 0 spiro atoms. The average molecular weight is 462 g/mol. The van der Waals surface area contributed by atoms with Crippen molar-refractivity contribution >= 4 is 11.6 Å². The molecule has 2 atom stereocenters. The number of halogens is 4. The van der Waals surface area contributed by atoms with Crippen molar-refractivity contribution in [1.29, 1.82) is 0 Å².